The lowest BCUT2D eigenvalue weighted by molar-refractivity contribution is -0.117. The van der Waals surface area contributed by atoms with E-state index < -0.39 is 0 Å². The zero-order chi connectivity index (χ0) is 19.1. The second kappa shape index (κ2) is 7.05. The van der Waals surface area contributed by atoms with Crippen LogP contribution in [0.5, 0.6) is 5.88 Å². The van der Waals surface area contributed by atoms with Crippen molar-refractivity contribution in [1.29, 1.82) is 0 Å². The van der Waals surface area contributed by atoms with Crippen molar-refractivity contribution in [1.82, 2.24) is 19.7 Å². The first-order valence-electron chi connectivity index (χ1n) is 9.56. The maximum atomic E-state index is 12.1. The number of nitrogens with one attached hydrogen (secondary N) is 1. The van der Waals surface area contributed by atoms with Crippen LogP contribution in [0.15, 0.2) is 30.7 Å². The number of halogens is 1. The zero-order valence-corrected chi connectivity index (χ0v) is 16.0. The molecule has 7 nitrogen and oxygen atoms in total. The molecule has 2 aliphatic carbocycles. The highest BCUT2D eigenvalue weighted by Gasteiger charge is 2.30. The molecule has 0 aliphatic heterocycles. The van der Waals surface area contributed by atoms with E-state index in [0.717, 1.165) is 29.3 Å². The summed E-state index contributed by atoms with van der Waals surface area (Å²) < 4.78 is 7.48. The van der Waals surface area contributed by atoms with Crippen molar-refractivity contribution >= 4 is 34.2 Å². The summed E-state index contributed by atoms with van der Waals surface area (Å²) in [6, 6.07) is 3.69. The molecule has 1 amide bonds. The van der Waals surface area contributed by atoms with Crippen molar-refractivity contribution in [3.63, 3.8) is 0 Å². The van der Waals surface area contributed by atoms with Gasteiger partial charge in [-0.3, -0.25) is 9.48 Å². The molecule has 144 valence electrons. The molecule has 8 heteroatoms. The van der Waals surface area contributed by atoms with Gasteiger partial charge in [-0.15, -0.1) is 0 Å². The van der Waals surface area contributed by atoms with Gasteiger partial charge in [-0.05, 0) is 49.3 Å². The van der Waals surface area contributed by atoms with E-state index in [4.69, 9.17) is 16.3 Å². The number of aromatic nitrogens is 4. The molecule has 2 fully saturated rings. The van der Waals surface area contributed by atoms with E-state index in [1.165, 1.54) is 12.8 Å². The van der Waals surface area contributed by atoms with Gasteiger partial charge in [-0.1, -0.05) is 11.6 Å². The number of fused-ring (bicyclic) bond motifs is 1. The minimum atomic E-state index is 0.0329. The first kappa shape index (κ1) is 17.4. The van der Waals surface area contributed by atoms with E-state index >= 15 is 0 Å². The summed E-state index contributed by atoms with van der Waals surface area (Å²) >= 11 is 6.32. The Labute approximate surface area is 167 Å². The summed E-state index contributed by atoms with van der Waals surface area (Å²) in [6.07, 6.45) is 9.66. The Kier molecular flexibility index (Phi) is 4.39. The molecule has 5 rings (SSSR count). The van der Waals surface area contributed by atoms with Crippen LogP contribution in [0, 0.1) is 11.8 Å². The number of carbonyl (C=O) groups is 1. The van der Waals surface area contributed by atoms with Crippen molar-refractivity contribution in [2.45, 2.75) is 32.2 Å². The third-order valence-electron chi connectivity index (χ3n) is 5.03. The number of anilines is 1. The van der Waals surface area contributed by atoms with Gasteiger partial charge in [0, 0.05) is 24.5 Å². The average Bonchev–Trinajstić information content (AvgIpc) is 3.58. The standard InChI is InChI=1S/C20H20ClN5O2/c21-16-7-13(8-23-20(16)28-11-12-1-2-12)9-26-10-15-17(25-26)5-6-22-18(15)24-19(27)14-3-4-14/h5-8,10,12,14H,1-4,9,11H2,(H,22,24,27). The highest BCUT2D eigenvalue weighted by molar-refractivity contribution is 6.31. The van der Waals surface area contributed by atoms with E-state index in [0.29, 0.717) is 35.8 Å². The van der Waals surface area contributed by atoms with Crippen LogP contribution in [0.2, 0.25) is 5.02 Å². The fraction of sp³-hybridized carbons (Fsp3) is 0.400. The monoisotopic (exact) mass is 397 g/mol. The average molecular weight is 398 g/mol. The summed E-state index contributed by atoms with van der Waals surface area (Å²) in [5.74, 6) is 1.85. The number of hydrogen-bond acceptors (Lipinski definition) is 5. The number of ether oxygens (including phenoxy) is 1. The number of carbonyl (C=O) groups excluding carboxylic acids is 1. The summed E-state index contributed by atoms with van der Waals surface area (Å²) in [6.45, 7) is 1.19. The number of hydrogen-bond donors (Lipinski definition) is 1. The van der Waals surface area contributed by atoms with E-state index in [9.17, 15) is 4.79 Å². The predicted molar refractivity (Wildman–Crippen MR) is 105 cm³/mol. The highest BCUT2D eigenvalue weighted by Crippen LogP contribution is 2.32. The van der Waals surface area contributed by atoms with Gasteiger partial charge in [0.05, 0.1) is 24.1 Å². The maximum absolute atomic E-state index is 12.1. The Morgan fingerprint density at radius 2 is 2.14 bits per heavy atom. The number of rotatable bonds is 7. The fourth-order valence-corrected chi connectivity index (χ4v) is 3.31. The molecule has 0 bridgehead atoms. The van der Waals surface area contributed by atoms with E-state index in [1.807, 2.05) is 18.3 Å². The first-order valence-corrected chi connectivity index (χ1v) is 9.94. The molecule has 3 aromatic heterocycles. The quantitative estimate of drug-likeness (QED) is 0.657. The second-order valence-corrected chi connectivity index (χ2v) is 7.97. The van der Waals surface area contributed by atoms with Gasteiger partial charge in [0.1, 0.15) is 10.8 Å². The third-order valence-corrected chi connectivity index (χ3v) is 5.30. The van der Waals surface area contributed by atoms with Crippen LogP contribution in [0.25, 0.3) is 10.9 Å². The van der Waals surface area contributed by atoms with Gasteiger partial charge in [0.2, 0.25) is 11.8 Å². The Hall–Kier alpha value is -2.67. The number of pyridine rings is 2. The van der Waals surface area contributed by atoms with Gasteiger partial charge >= 0.3 is 0 Å². The Morgan fingerprint density at radius 1 is 1.29 bits per heavy atom. The molecule has 2 saturated carbocycles. The van der Waals surface area contributed by atoms with Crippen LogP contribution in [-0.2, 0) is 11.3 Å². The van der Waals surface area contributed by atoms with Crippen LogP contribution in [0.3, 0.4) is 0 Å². The molecule has 0 radical (unpaired) electrons. The van der Waals surface area contributed by atoms with Gasteiger partial charge in [-0.2, -0.15) is 5.10 Å². The van der Waals surface area contributed by atoms with Crippen LogP contribution in [-0.4, -0.2) is 32.3 Å². The number of nitrogens with zero attached hydrogens (tertiary/aromatic N) is 4. The Balaban J connectivity index is 1.33. The molecule has 2 aliphatic rings. The van der Waals surface area contributed by atoms with Crippen molar-refractivity contribution in [3.05, 3.63) is 41.3 Å². The molecule has 28 heavy (non-hydrogen) atoms. The molecular formula is C20H20ClN5O2. The molecule has 0 atom stereocenters. The number of amides is 1. The molecule has 3 aromatic rings. The molecule has 0 unspecified atom stereocenters. The van der Waals surface area contributed by atoms with Crippen molar-refractivity contribution in [2.24, 2.45) is 11.8 Å². The van der Waals surface area contributed by atoms with Crippen LogP contribution >= 0.6 is 11.6 Å². The maximum Gasteiger partial charge on any atom is 0.232 e. The van der Waals surface area contributed by atoms with Crippen LogP contribution < -0.4 is 10.1 Å². The lowest BCUT2D eigenvalue weighted by Gasteiger charge is -2.08. The van der Waals surface area contributed by atoms with Crippen molar-refractivity contribution < 1.29 is 9.53 Å². The molecule has 0 aromatic carbocycles. The Morgan fingerprint density at radius 3 is 2.89 bits per heavy atom. The molecule has 3 heterocycles. The van der Waals surface area contributed by atoms with Gasteiger partial charge < -0.3 is 10.1 Å². The SMILES string of the molecule is O=C(Nc1nccc2nn(Cc3cnc(OCC4CC4)c(Cl)c3)cc12)C1CC1. The van der Waals surface area contributed by atoms with Gasteiger partial charge in [-0.25, -0.2) is 9.97 Å². The van der Waals surface area contributed by atoms with Crippen LogP contribution in [0.4, 0.5) is 5.82 Å². The molecule has 1 N–H and O–H groups in total. The topological polar surface area (TPSA) is 81.9 Å². The minimum absolute atomic E-state index is 0.0329. The van der Waals surface area contributed by atoms with E-state index in [2.05, 4.69) is 20.4 Å². The predicted octanol–water partition coefficient (Wildman–Crippen LogP) is 3.67. The smallest absolute Gasteiger partial charge is 0.232 e. The Bertz CT molecular complexity index is 1040. The molecule has 0 saturated heterocycles. The highest BCUT2D eigenvalue weighted by atomic mass is 35.5. The van der Waals surface area contributed by atoms with E-state index in [-0.39, 0.29) is 11.8 Å². The zero-order valence-electron chi connectivity index (χ0n) is 15.3. The van der Waals surface area contributed by atoms with Crippen molar-refractivity contribution in [3.8, 4) is 5.88 Å². The summed E-state index contributed by atoms with van der Waals surface area (Å²) in [5.41, 5.74) is 1.71. The minimum Gasteiger partial charge on any atom is -0.476 e. The molecule has 0 spiro atoms. The molecular weight excluding hydrogens is 378 g/mol. The second-order valence-electron chi connectivity index (χ2n) is 7.57. The normalized spacial score (nSPS) is 16.3. The summed E-state index contributed by atoms with van der Waals surface area (Å²) in [5, 5.41) is 8.82. The largest absolute Gasteiger partial charge is 0.476 e. The van der Waals surface area contributed by atoms with Gasteiger partial charge in [0.25, 0.3) is 0 Å². The van der Waals surface area contributed by atoms with E-state index in [1.54, 1.807) is 17.1 Å². The lowest BCUT2D eigenvalue weighted by Crippen LogP contribution is -2.14. The fourth-order valence-electron chi connectivity index (χ4n) is 3.06. The van der Waals surface area contributed by atoms with Gasteiger partial charge in [0.15, 0.2) is 0 Å². The van der Waals surface area contributed by atoms with Crippen molar-refractivity contribution in [2.75, 3.05) is 11.9 Å². The third kappa shape index (κ3) is 3.80. The first-order chi connectivity index (χ1) is 13.7. The van der Waals surface area contributed by atoms with Crippen LogP contribution in [0.1, 0.15) is 31.2 Å². The summed E-state index contributed by atoms with van der Waals surface area (Å²) in [7, 11) is 0. The summed E-state index contributed by atoms with van der Waals surface area (Å²) in [4.78, 5) is 20.7. The lowest BCUT2D eigenvalue weighted by atomic mass is 10.3.